The summed E-state index contributed by atoms with van der Waals surface area (Å²) in [5.41, 5.74) is -27.2. The molecular formula is C30H2F21N3. The lowest BCUT2D eigenvalue weighted by atomic mass is 9.87. The second-order valence-electron chi connectivity index (χ2n) is 10.4. The molecule has 0 bridgehead atoms. The van der Waals surface area contributed by atoms with Gasteiger partial charge < -0.3 is 0 Å². The van der Waals surface area contributed by atoms with Crippen molar-refractivity contribution in [1.82, 2.24) is 0 Å². The lowest BCUT2D eigenvalue weighted by Crippen LogP contribution is -2.36. The maximum absolute atomic E-state index is 15.1. The molecule has 2 aliphatic rings. The molecule has 2 unspecified atom stereocenters. The van der Waals surface area contributed by atoms with Crippen molar-refractivity contribution >= 4 is 11.1 Å². The van der Waals surface area contributed by atoms with Gasteiger partial charge in [0.05, 0.1) is 33.4 Å². The Morgan fingerprint density at radius 1 is 0.444 bits per heavy atom. The number of rotatable bonds is 3. The molecule has 24 heteroatoms. The van der Waals surface area contributed by atoms with Crippen LogP contribution in [0.3, 0.4) is 0 Å². The summed E-state index contributed by atoms with van der Waals surface area (Å²) in [5, 5.41) is 29.1. The standard InChI is InChI=1S/C30H2F21N3/c31-16-10(17(32)23(38)13(22(16)37)28(43,44)45)4(1-52)7-8(5(2-53)11-18(33)24(39)14(29(46,47)48)25(40)19(11)34)9(7)6(3-54)12-20(35)26(41)15(30(49,50)51)27(42)21(12)36/h13,22H/b7-4?,8-5-,9-6+. The Hall–Kier alpha value is -5.86. The van der Waals surface area contributed by atoms with Crippen molar-refractivity contribution in [2.45, 2.75) is 24.7 Å². The van der Waals surface area contributed by atoms with E-state index < -0.39 is 156 Å². The number of allylic oxidation sites excluding steroid dienone is 10. The van der Waals surface area contributed by atoms with E-state index in [1.54, 1.807) is 0 Å². The first-order chi connectivity index (χ1) is 24.6. The predicted molar refractivity (Wildman–Crippen MR) is 132 cm³/mol. The molecule has 0 heterocycles. The van der Waals surface area contributed by atoms with Crippen molar-refractivity contribution in [2.75, 3.05) is 0 Å². The van der Waals surface area contributed by atoms with E-state index in [1.165, 1.54) is 0 Å². The fourth-order valence-electron chi connectivity index (χ4n) is 5.16. The third-order valence-electron chi connectivity index (χ3n) is 7.45. The van der Waals surface area contributed by atoms with Crippen LogP contribution in [0, 0.1) is 86.4 Å². The van der Waals surface area contributed by atoms with Gasteiger partial charge in [-0.15, -0.1) is 0 Å². The molecule has 4 rings (SSSR count). The second-order valence-corrected chi connectivity index (χ2v) is 10.4. The van der Waals surface area contributed by atoms with E-state index in [9.17, 15) is 81.6 Å². The monoisotopic (exact) mass is 803 g/mol. The first-order valence-corrected chi connectivity index (χ1v) is 13.1. The van der Waals surface area contributed by atoms with Gasteiger partial charge in [0.15, 0.2) is 64.4 Å². The van der Waals surface area contributed by atoms with Crippen molar-refractivity contribution in [3.63, 3.8) is 0 Å². The van der Waals surface area contributed by atoms with Crippen molar-refractivity contribution in [1.29, 1.82) is 15.8 Å². The Morgan fingerprint density at radius 2 is 0.741 bits per heavy atom. The molecule has 2 atom stereocenters. The topological polar surface area (TPSA) is 71.4 Å². The first kappa shape index (κ1) is 40.9. The highest BCUT2D eigenvalue weighted by Gasteiger charge is 2.56. The molecule has 0 aliphatic heterocycles. The van der Waals surface area contributed by atoms with Crippen LogP contribution in [0.25, 0.3) is 11.1 Å². The first-order valence-electron chi connectivity index (χ1n) is 13.1. The minimum atomic E-state index is -6.27. The molecule has 1 fully saturated rings. The molecule has 0 saturated heterocycles. The summed E-state index contributed by atoms with van der Waals surface area (Å²) in [6.07, 6.45) is -23.0. The van der Waals surface area contributed by atoms with Crippen LogP contribution in [0.1, 0.15) is 22.3 Å². The maximum atomic E-state index is 15.1. The largest absolute Gasteiger partial charge is 0.422 e. The molecule has 3 nitrogen and oxygen atoms in total. The second kappa shape index (κ2) is 13.2. The fourth-order valence-corrected chi connectivity index (χ4v) is 5.16. The normalized spacial score (nSPS) is 20.8. The van der Waals surface area contributed by atoms with Crippen LogP contribution in [0.15, 0.2) is 45.3 Å². The van der Waals surface area contributed by atoms with Crippen LogP contribution < -0.4 is 0 Å². The molecule has 0 N–H and O–H groups in total. The molecular weight excluding hydrogens is 801 g/mol. The van der Waals surface area contributed by atoms with Crippen LogP contribution in [0.5, 0.6) is 0 Å². The number of hydrogen-bond acceptors (Lipinski definition) is 3. The van der Waals surface area contributed by atoms with Gasteiger partial charge in [-0.25, -0.2) is 52.7 Å². The van der Waals surface area contributed by atoms with Gasteiger partial charge in [0.2, 0.25) is 0 Å². The van der Waals surface area contributed by atoms with E-state index >= 15 is 26.3 Å². The number of benzene rings is 2. The van der Waals surface area contributed by atoms with Crippen LogP contribution in [0.2, 0.25) is 0 Å². The SMILES string of the molecule is N#CC(C1=C(F)C(F)C(C(F)(F)F)C(F)=C1F)=C1C(=C(\C#N)c2c(F)c(F)c(C(F)(F)F)c(F)c2F)/C1=C(\C#N)c1c(F)c(F)c(C(F)(F)F)c(F)c1F. The zero-order valence-corrected chi connectivity index (χ0v) is 24.4. The molecule has 54 heavy (non-hydrogen) atoms. The Bertz CT molecular complexity index is 2170. The van der Waals surface area contributed by atoms with Gasteiger partial charge in [0.25, 0.3) is 0 Å². The summed E-state index contributed by atoms with van der Waals surface area (Å²) >= 11 is 0. The van der Waals surface area contributed by atoms with Gasteiger partial charge in [-0.3, -0.25) is 0 Å². The van der Waals surface area contributed by atoms with E-state index in [4.69, 9.17) is 0 Å². The maximum Gasteiger partial charge on any atom is 0.422 e. The van der Waals surface area contributed by atoms with Gasteiger partial charge in [0.1, 0.15) is 41.1 Å². The number of halogens is 21. The van der Waals surface area contributed by atoms with Crippen molar-refractivity contribution in [3.8, 4) is 18.2 Å². The predicted octanol–water partition coefficient (Wildman–Crippen LogP) is 10.8. The average Bonchev–Trinajstić information content (AvgIpc) is 3.76. The number of nitrogens with zero attached hydrogens (tertiary/aromatic N) is 3. The lowest BCUT2D eigenvalue weighted by molar-refractivity contribution is -0.183. The zero-order valence-electron chi connectivity index (χ0n) is 24.4. The Labute approximate surface area is 282 Å². The van der Waals surface area contributed by atoms with Crippen LogP contribution >= 0.6 is 0 Å². The molecule has 0 spiro atoms. The molecule has 284 valence electrons. The number of hydrogen-bond donors (Lipinski definition) is 0. The van der Waals surface area contributed by atoms with Crippen molar-refractivity contribution < 1.29 is 92.2 Å². The lowest BCUT2D eigenvalue weighted by Gasteiger charge is -2.26. The summed E-state index contributed by atoms with van der Waals surface area (Å²) in [5.74, 6) is -40.2. The van der Waals surface area contributed by atoms with E-state index in [0.717, 1.165) is 0 Å². The van der Waals surface area contributed by atoms with Gasteiger partial charge in [0, 0.05) is 16.7 Å². The van der Waals surface area contributed by atoms with Crippen LogP contribution in [0.4, 0.5) is 92.2 Å². The summed E-state index contributed by atoms with van der Waals surface area (Å²) in [7, 11) is 0. The van der Waals surface area contributed by atoms with Gasteiger partial charge in [-0.2, -0.15) is 55.3 Å². The van der Waals surface area contributed by atoms with Crippen LogP contribution in [-0.4, -0.2) is 12.3 Å². The Kier molecular flexibility index (Phi) is 10.0. The molecule has 2 aromatic rings. The summed E-state index contributed by atoms with van der Waals surface area (Å²) in [4.78, 5) is 0. The Morgan fingerprint density at radius 3 is 1.00 bits per heavy atom. The molecule has 2 aliphatic carbocycles. The third kappa shape index (κ3) is 6.10. The smallest absolute Gasteiger partial charge is 0.239 e. The quantitative estimate of drug-likeness (QED) is 0.176. The van der Waals surface area contributed by atoms with Crippen molar-refractivity contribution in [2.24, 2.45) is 5.92 Å². The van der Waals surface area contributed by atoms with Gasteiger partial charge in [-0.1, -0.05) is 0 Å². The molecule has 2 aromatic carbocycles. The highest BCUT2D eigenvalue weighted by molar-refractivity contribution is 6.07. The fraction of sp³-hybridized carbons (Fsp3) is 0.167. The number of nitriles is 3. The highest BCUT2D eigenvalue weighted by atomic mass is 19.4. The molecule has 0 amide bonds. The van der Waals surface area contributed by atoms with Crippen molar-refractivity contribution in [3.05, 3.63) is 114 Å². The van der Waals surface area contributed by atoms with E-state index in [2.05, 4.69) is 0 Å². The van der Waals surface area contributed by atoms with Gasteiger partial charge in [-0.05, 0) is 0 Å². The highest BCUT2D eigenvalue weighted by Crippen LogP contribution is 2.59. The summed E-state index contributed by atoms with van der Waals surface area (Å²) in [6, 6.07) is 1.80. The van der Waals surface area contributed by atoms with Gasteiger partial charge >= 0.3 is 18.5 Å². The Balaban J connectivity index is 2.34. The number of alkyl halides is 10. The summed E-state index contributed by atoms with van der Waals surface area (Å²) in [6.45, 7) is 0. The molecule has 0 aromatic heterocycles. The zero-order chi connectivity index (χ0) is 41.5. The molecule has 0 radical (unpaired) electrons. The van der Waals surface area contributed by atoms with E-state index in [0.29, 0.717) is 18.2 Å². The summed E-state index contributed by atoms with van der Waals surface area (Å²) < 4.78 is 296. The van der Waals surface area contributed by atoms with Crippen LogP contribution in [-0.2, 0) is 12.4 Å². The molecule has 1 saturated carbocycles. The minimum absolute atomic E-state index is 0.596. The average molecular weight is 803 g/mol. The minimum Gasteiger partial charge on any atom is -0.239 e. The van der Waals surface area contributed by atoms with E-state index in [-0.39, 0.29) is 0 Å². The third-order valence-corrected chi connectivity index (χ3v) is 7.45. The van der Waals surface area contributed by atoms with E-state index in [1.807, 2.05) is 0 Å².